The fourth-order valence-electron chi connectivity index (χ4n) is 12.3. The van der Waals surface area contributed by atoms with Crippen molar-refractivity contribution in [1.82, 2.24) is 4.57 Å². The van der Waals surface area contributed by atoms with E-state index in [-0.39, 0.29) is 5.92 Å². The molecule has 316 valence electrons. The average Bonchev–Trinajstić information content (AvgIpc) is 4.09. The first kappa shape index (κ1) is 36.8. The normalized spacial score (nSPS) is 19.0. The molecule has 0 spiro atoms. The standard InChI is InChI=1S/C61H39N3OS2/c1-2-13-34-31-49-44(28-33(34)12-1)41-19-11-20-42-47-32-48(35-24-26-53-45(29-35)37-14-6-9-22-51(37)66-53)62-61(36-25-27-54-46(30-36)38-15-7-10-23-52(38)67-54)63-57(47)56-59(64(49)58(41)42)40-17-4-3-16-39(40)55-43-18-5-8-21-50(43)65-60(55)56/h1-7,9-12,14-19,22-31,34,42H,8,13,20-21,32H2. The van der Waals surface area contributed by atoms with E-state index in [2.05, 4.69) is 168 Å². The Balaban J connectivity index is 1.06. The maximum atomic E-state index is 7.35. The Kier molecular flexibility index (Phi) is 7.47. The molecule has 6 heterocycles. The van der Waals surface area contributed by atoms with Gasteiger partial charge in [-0.1, -0.05) is 115 Å². The quantitative estimate of drug-likeness (QED) is 0.170. The van der Waals surface area contributed by atoms with Crippen LogP contribution in [0, 0.1) is 5.92 Å². The highest BCUT2D eigenvalue weighted by Crippen LogP contribution is 2.52. The molecule has 0 N–H and O–H groups in total. The van der Waals surface area contributed by atoms with Gasteiger partial charge in [0.2, 0.25) is 0 Å². The van der Waals surface area contributed by atoms with Gasteiger partial charge in [0.05, 0.1) is 28.0 Å². The smallest absolute Gasteiger partial charge is 0.160 e. The van der Waals surface area contributed by atoms with Gasteiger partial charge in [0.1, 0.15) is 11.3 Å². The summed E-state index contributed by atoms with van der Waals surface area (Å²) >= 11 is 3.71. The van der Waals surface area contributed by atoms with Crippen LogP contribution in [0.5, 0.6) is 0 Å². The first-order chi connectivity index (χ1) is 33.2. The molecule has 2 unspecified atom stereocenters. The van der Waals surface area contributed by atoms with Gasteiger partial charge in [0.25, 0.3) is 0 Å². The molecule has 10 aromatic rings. The van der Waals surface area contributed by atoms with E-state index in [1.165, 1.54) is 101 Å². The number of hydrogen-bond acceptors (Lipinski definition) is 5. The Bertz CT molecular complexity index is 4320. The molecule has 0 saturated heterocycles. The molecule has 2 atom stereocenters. The van der Waals surface area contributed by atoms with Crippen molar-refractivity contribution in [1.29, 1.82) is 0 Å². The molecular formula is C61H39N3OS2. The molecule has 6 aliphatic rings. The summed E-state index contributed by atoms with van der Waals surface area (Å²) in [7, 11) is 0. The summed E-state index contributed by atoms with van der Waals surface area (Å²) in [4.78, 5) is 11.8. The van der Waals surface area contributed by atoms with Crippen molar-refractivity contribution < 1.29 is 4.42 Å². The van der Waals surface area contributed by atoms with Gasteiger partial charge in [0, 0.05) is 103 Å². The highest BCUT2D eigenvalue weighted by Gasteiger charge is 2.39. The van der Waals surface area contributed by atoms with Gasteiger partial charge in [-0.05, 0) is 89.9 Å². The van der Waals surface area contributed by atoms with Gasteiger partial charge in [-0.25, -0.2) is 9.98 Å². The summed E-state index contributed by atoms with van der Waals surface area (Å²) in [5.74, 6) is 2.16. The topological polar surface area (TPSA) is 42.8 Å². The Labute approximate surface area is 393 Å². The molecule has 0 saturated carbocycles. The first-order valence-corrected chi connectivity index (χ1v) is 25.2. The highest BCUT2D eigenvalue weighted by atomic mass is 32.1. The number of rotatable bonds is 2. The van der Waals surface area contributed by atoms with Crippen LogP contribution in [-0.2, 0) is 6.42 Å². The zero-order valence-corrected chi connectivity index (χ0v) is 38.0. The summed E-state index contributed by atoms with van der Waals surface area (Å²) < 4.78 is 15.2. The fourth-order valence-corrected chi connectivity index (χ4v) is 14.5. The molecule has 0 bridgehead atoms. The van der Waals surface area contributed by atoms with Crippen LogP contribution in [-0.4, -0.2) is 16.1 Å². The van der Waals surface area contributed by atoms with Crippen molar-refractivity contribution in [2.75, 3.05) is 0 Å². The van der Waals surface area contributed by atoms with Gasteiger partial charge in [-0.2, -0.15) is 0 Å². The minimum atomic E-state index is 0.0459. The number of aliphatic imine (C=N–C) groups is 2. The van der Waals surface area contributed by atoms with Gasteiger partial charge in [0.15, 0.2) is 5.84 Å². The van der Waals surface area contributed by atoms with Crippen molar-refractivity contribution in [3.8, 4) is 5.69 Å². The Morgan fingerprint density at radius 3 is 2.19 bits per heavy atom. The number of thiophene rings is 2. The molecule has 0 fully saturated rings. The summed E-state index contributed by atoms with van der Waals surface area (Å²) in [6, 6.07) is 40.5. The fraction of sp³-hybridized carbons (Fsp3) is 0.115. The second-order valence-electron chi connectivity index (χ2n) is 18.9. The molecule has 4 aliphatic carbocycles. The van der Waals surface area contributed by atoms with Crippen LogP contribution < -0.4 is 10.6 Å². The first-order valence-electron chi connectivity index (χ1n) is 23.6. The van der Waals surface area contributed by atoms with Crippen LogP contribution in [0.2, 0.25) is 0 Å². The van der Waals surface area contributed by atoms with E-state index >= 15 is 0 Å². The van der Waals surface area contributed by atoms with Crippen LogP contribution in [0.25, 0.3) is 97.8 Å². The monoisotopic (exact) mass is 893 g/mol. The van der Waals surface area contributed by atoms with Gasteiger partial charge >= 0.3 is 0 Å². The summed E-state index contributed by atoms with van der Waals surface area (Å²) in [5, 5.41) is 11.3. The number of aromatic nitrogens is 1. The summed E-state index contributed by atoms with van der Waals surface area (Å²) in [5.41, 5.74) is 13.9. The molecule has 16 rings (SSSR count). The Morgan fingerprint density at radius 2 is 1.37 bits per heavy atom. The van der Waals surface area contributed by atoms with E-state index in [1.54, 1.807) is 0 Å². The van der Waals surface area contributed by atoms with E-state index in [9.17, 15) is 0 Å². The number of nitrogens with zero attached hydrogens (tertiary/aromatic N) is 3. The van der Waals surface area contributed by atoms with Crippen molar-refractivity contribution >= 4 is 126 Å². The molecule has 6 aromatic carbocycles. The van der Waals surface area contributed by atoms with E-state index in [0.29, 0.717) is 12.3 Å². The minimum Gasteiger partial charge on any atom is -0.460 e. The number of hydrogen-bond donors (Lipinski definition) is 0. The number of amidine groups is 1. The predicted octanol–water partition coefficient (Wildman–Crippen LogP) is 14.7. The molecule has 6 heteroatoms. The van der Waals surface area contributed by atoms with Crippen molar-refractivity contribution in [2.45, 2.75) is 38.0 Å². The average molecular weight is 894 g/mol. The summed E-state index contributed by atoms with van der Waals surface area (Å²) in [6.45, 7) is 0. The number of aryl methyl sites for hydroxylation is 1. The van der Waals surface area contributed by atoms with Crippen molar-refractivity contribution in [3.63, 3.8) is 0 Å². The lowest BCUT2D eigenvalue weighted by molar-refractivity contribution is 0.545. The third-order valence-electron chi connectivity index (χ3n) is 15.3. The van der Waals surface area contributed by atoms with Gasteiger partial charge in [-0.15, -0.1) is 22.7 Å². The molecular weight excluding hydrogens is 855 g/mol. The minimum absolute atomic E-state index is 0.0459. The number of allylic oxidation sites excluding steroid dienone is 7. The van der Waals surface area contributed by atoms with Crippen molar-refractivity contribution in [3.05, 3.63) is 201 Å². The number of furan rings is 1. The van der Waals surface area contributed by atoms with E-state index in [1.807, 2.05) is 22.7 Å². The Hall–Kier alpha value is -7.38. The molecule has 2 aliphatic heterocycles. The van der Waals surface area contributed by atoms with E-state index < -0.39 is 0 Å². The lowest BCUT2D eigenvalue weighted by Crippen LogP contribution is -2.34. The van der Waals surface area contributed by atoms with Crippen LogP contribution in [0.3, 0.4) is 0 Å². The molecule has 4 aromatic heterocycles. The molecule has 67 heavy (non-hydrogen) atoms. The predicted molar refractivity (Wildman–Crippen MR) is 284 cm³/mol. The lowest BCUT2D eigenvalue weighted by Gasteiger charge is -2.24. The van der Waals surface area contributed by atoms with E-state index in [4.69, 9.17) is 14.4 Å². The SMILES string of the molecule is C1=CCC2C=c3c(c4c5n3-c3c(c6oc7c(c6c6ccccc36)C=CCC7)C3=C(CC(c6ccc7sc8ccccc8c7c6)=NC(c6ccc7sc8ccccc8c7c6)=N3)C5CC=C4)=CC2=C1. The van der Waals surface area contributed by atoms with Crippen LogP contribution in [0.15, 0.2) is 165 Å². The third kappa shape index (κ3) is 5.12. The molecule has 0 amide bonds. The van der Waals surface area contributed by atoms with Crippen molar-refractivity contribution in [2.24, 2.45) is 15.9 Å². The van der Waals surface area contributed by atoms with Crippen LogP contribution >= 0.6 is 22.7 Å². The zero-order valence-electron chi connectivity index (χ0n) is 36.3. The maximum absolute atomic E-state index is 7.35. The third-order valence-corrected chi connectivity index (χ3v) is 17.6. The van der Waals surface area contributed by atoms with Gasteiger partial charge in [-0.3, -0.25) is 0 Å². The summed E-state index contributed by atoms with van der Waals surface area (Å²) in [6.07, 6.45) is 25.7. The zero-order chi connectivity index (χ0) is 43.5. The highest BCUT2D eigenvalue weighted by molar-refractivity contribution is 7.26. The molecule has 0 radical (unpaired) electrons. The van der Waals surface area contributed by atoms with Gasteiger partial charge < -0.3 is 8.98 Å². The largest absolute Gasteiger partial charge is 0.460 e. The van der Waals surface area contributed by atoms with Crippen LogP contribution in [0.1, 0.15) is 70.9 Å². The Morgan fingerprint density at radius 1 is 0.657 bits per heavy atom. The number of fused-ring (bicyclic) bond motifs is 21. The number of benzene rings is 6. The maximum Gasteiger partial charge on any atom is 0.160 e. The van der Waals surface area contributed by atoms with Crippen LogP contribution in [0.4, 0.5) is 0 Å². The second kappa shape index (κ2) is 13.6. The lowest BCUT2D eigenvalue weighted by atomic mass is 9.81. The second-order valence-corrected chi connectivity index (χ2v) is 21.1. The molecule has 4 nitrogen and oxygen atoms in total. The van der Waals surface area contributed by atoms with E-state index in [0.717, 1.165) is 71.0 Å².